The molecule has 0 aromatic carbocycles. The molecule has 1 aliphatic heterocycles. The first kappa shape index (κ1) is 12.5. The number of carbonyl (C=O) groups excluding carboxylic acids is 1. The van der Waals surface area contributed by atoms with Crippen LogP contribution in [0.25, 0.3) is 0 Å². The maximum atomic E-state index is 12.8. The standard InChI is InChI=1S/C15H26N2O/c16-10-12-5-1-7-13(12)15(18)17-9-3-6-11-4-2-8-14(11)17/h11-14H,1-10,16H2/t11?,12-,13-,14?/m1/s1. The summed E-state index contributed by atoms with van der Waals surface area (Å²) in [5.74, 6) is 1.95. The SMILES string of the molecule is NC[C@H]1CCC[C@H]1C(=O)N1CCCC2CCCC21. The predicted molar refractivity (Wildman–Crippen MR) is 72.0 cm³/mol. The zero-order chi connectivity index (χ0) is 12.5. The highest BCUT2D eigenvalue weighted by Gasteiger charge is 2.41. The molecule has 4 atom stereocenters. The number of nitrogens with two attached hydrogens (primary N) is 1. The molecule has 1 saturated heterocycles. The maximum Gasteiger partial charge on any atom is 0.226 e. The molecule has 2 saturated carbocycles. The molecule has 1 amide bonds. The molecule has 0 spiro atoms. The lowest BCUT2D eigenvalue weighted by molar-refractivity contribution is -0.141. The van der Waals surface area contributed by atoms with Crippen molar-refractivity contribution in [2.45, 2.75) is 57.4 Å². The van der Waals surface area contributed by atoms with Crippen LogP contribution in [-0.4, -0.2) is 29.9 Å². The Bertz CT molecular complexity index is 318. The first-order chi connectivity index (χ1) is 8.81. The van der Waals surface area contributed by atoms with Crippen LogP contribution in [-0.2, 0) is 4.79 Å². The molecule has 3 nitrogen and oxygen atoms in total. The summed E-state index contributed by atoms with van der Waals surface area (Å²) in [7, 11) is 0. The van der Waals surface area contributed by atoms with Crippen molar-refractivity contribution in [3.05, 3.63) is 0 Å². The second-order valence-corrected chi connectivity index (χ2v) is 6.47. The normalized spacial score (nSPS) is 39.9. The minimum absolute atomic E-state index is 0.245. The van der Waals surface area contributed by atoms with Gasteiger partial charge in [-0.25, -0.2) is 0 Å². The number of nitrogens with zero attached hydrogens (tertiary/aromatic N) is 1. The minimum atomic E-state index is 0.245. The Morgan fingerprint density at radius 2 is 1.83 bits per heavy atom. The van der Waals surface area contributed by atoms with Crippen molar-refractivity contribution in [2.75, 3.05) is 13.1 Å². The molecule has 0 aromatic heterocycles. The molecular weight excluding hydrogens is 224 g/mol. The summed E-state index contributed by atoms with van der Waals surface area (Å²) in [5.41, 5.74) is 5.83. The van der Waals surface area contributed by atoms with Gasteiger partial charge in [0.2, 0.25) is 5.91 Å². The number of piperidine rings is 1. The Hall–Kier alpha value is -0.570. The summed E-state index contributed by atoms with van der Waals surface area (Å²) in [4.78, 5) is 15.0. The van der Waals surface area contributed by atoms with E-state index in [0.717, 1.165) is 25.3 Å². The Morgan fingerprint density at radius 3 is 2.67 bits per heavy atom. The largest absolute Gasteiger partial charge is 0.339 e. The highest BCUT2D eigenvalue weighted by Crippen LogP contribution is 2.40. The van der Waals surface area contributed by atoms with Crippen molar-refractivity contribution in [3.63, 3.8) is 0 Å². The van der Waals surface area contributed by atoms with Crippen LogP contribution in [0, 0.1) is 17.8 Å². The van der Waals surface area contributed by atoms with E-state index in [9.17, 15) is 4.79 Å². The summed E-state index contributed by atoms with van der Waals surface area (Å²) in [6.07, 6.45) is 9.91. The molecule has 0 radical (unpaired) electrons. The summed E-state index contributed by atoms with van der Waals surface area (Å²) in [6, 6.07) is 0.574. The molecule has 0 aromatic rings. The fourth-order valence-electron chi connectivity index (χ4n) is 4.58. The fourth-order valence-corrected chi connectivity index (χ4v) is 4.58. The molecule has 3 fully saturated rings. The second-order valence-electron chi connectivity index (χ2n) is 6.47. The van der Waals surface area contributed by atoms with Crippen LogP contribution < -0.4 is 5.73 Å². The molecule has 3 heteroatoms. The molecule has 0 bridgehead atoms. The highest BCUT2D eigenvalue weighted by molar-refractivity contribution is 5.80. The van der Waals surface area contributed by atoms with Crippen LogP contribution in [0.15, 0.2) is 0 Å². The van der Waals surface area contributed by atoms with Gasteiger partial charge in [-0.1, -0.05) is 12.8 Å². The van der Waals surface area contributed by atoms with Crippen molar-refractivity contribution in [2.24, 2.45) is 23.5 Å². The third-order valence-corrected chi connectivity index (χ3v) is 5.56. The molecule has 18 heavy (non-hydrogen) atoms. The Morgan fingerprint density at radius 1 is 1.06 bits per heavy atom. The van der Waals surface area contributed by atoms with Crippen LogP contribution >= 0.6 is 0 Å². The molecule has 2 unspecified atom stereocenters. The molecule has 1 heterocycles. The van der Waals surface area contributed by atoms with Gasteiger partial charge >= 0.3 is 0 Å². The predicted octanol–water partition coefficient (Wildman–Crippen LogP) is 2.15. The molecule has 3 aliphatic rings. The van der Waals surface area contributed by atoms with E-state index in [2.05, 4.69) is 4.90 Å². The van der Waals surface area contributed by atoms with Gasteiger partial charge in [0.15, 0.2) is 0 Å². The molecule has 102 valence electrons. The monoisotopic (exact) mass is 250 g/mol. The Kier molecular flexibility index (Phi) is 3.60. The van der Waals surface area contributed by atoms with Gasteiger partial charge < -0.3 is 10.6 Å². The van der Waals surface area contributed by atoms with Gasteiger partial charge in [0.05, 0.1) is 0 Å². The van der Waals surface area contributed by atoms with Crippen molar-refractivity contribution < 1.29 is 4.79 Å². The number of hydrogen-bond donors (Lipinski definition) is 1. The van der Waals surface area contributed by atoms with E-state index in [1.165, 1.54) is 38.5 Å². The number of likely N-dealkylation sites (tertiary alicyclic amines) is 1. The van der Waals surface area contributed by atoms with Crippen LogP contribution in [0.2, 0.25) is 0 Å². The van der Waals surface area contributed by atoms with E-state index in [4.69, 9.17) is 5.73 Å². The Labute approximate surface area is 110 Å². The number of rotatable bonds is 2. The van der Waals surface area contributed by atoms with Crippen LogP contribution in [0.3, 0.4) is 0 Å². The zero-order valence-electron chi connectivity index (χ0n) is 11.3. The zero-order valence-corrected chi connectivity index (χ0v) is 11.3. The highest BCUT2D eigenvalue weighted by atomic mass is 16.2. The lowest BCUT2D eigenvalue weighted by atomic mass is 9.88. The average Bonchev–Trinajstić information content (AvgIpc) is 3.05. The van der Waals surface area contributed by atoms with Crippen molar-refractivity contribution in [1.29, 1.82) is 0 Å². The summed E-state index contributed by atoms with van der Waals surface area (Å²) in [5, 5.41) is 0. The number of carbonyl (C=O) groups is 1. The van der Waals surface area contributed by atoms with Gasteiger partial charge in [0.25, 0.3) is 0 Å². The van der Waals surface area contributed by atoms with E-state index in [0.29, 0.717) is 24.4 Å². The third-order valence-electron chi connectivity index (χ3n) is 5.56. The van der Waals surface area contributed by atoms with Crippen molar-refractivity contribution in [1.82, 2.24) is 4.90 Å². The minimum Gasteiger partial charge on any atom is -0.339 e. The Balaban J connectivity index is 1.71. The van der Waals surface area contributed by atoms with Gasteiger partial charge in [-0.2, -0.15) is 0 Å². The smallest absolute Gasteiger partial charge is 0.226 e. The molecule has 2 N–H and O–H groups in total. The van der Waals surface area contributed by atoms with Gasteiger partial charge in [-0.05, 0) is 56.9 Å². The fraction of sp³-hybridized carbons (Fsp3) is 0.933. The lowest BCUT2D eigenvalue weighted by Gasteiger charge is -2.40. The first-order valence-electron chi connectivity index (χ1n) is 7.82. The quantitative estimate of drug-likeness (QED) is 0.816. The number of hydrogen-bond acceptors (Lipinski definition) is 2. The van der Waals surface area contributed by atoms with Crippen molar-refractivity contribution in [3.8, 4) is 0 Å². The first-order valence-corrected chi connectivity index (χ1v) is 7.82. The van der Waals surface area contributed by atoms with Crippen LogP contribution in [0.4, 0.5) is 0 Å². The summed E-state index contributed by atoms with van der Waals surface area (Å²) >= 11 is 0. The summed E-state index contributed by atoms with van der Waals surface area (Å²) < 4.78 is 0. The van der Waals surface area contributed by atoms with Gasteiger partial charge in [0, 0.05) is 18.5 Å². The van der Waals surface area contributed by atoms with E-state index in [1.54, 1.807) is 0 Å². The third kappa shape index (κ3) is 2.07. The lowest BCUT2D eigenvalue weighted by Crippen LogP contribution is -2.49. The van der Waals surface area contributed by atoms with Gasteiger partial charge in [0.1, 0.15) is 0 Å². The topological polar surface area (TPSA) is 46.3 Å². The van der Waals surface area contributed by atoms with E-state index >= 15 is 0 Å². The van der Waals surface area contributed by atoms with E-state index in [-0.39, 0.29) is 5.92 Å². The molecular formula is C15H26N2O. The van der Waals surface area contributed by atoms with Gasteiger partial charge in [-0.15, -0.1) is 0 Å². The number of fused-ring (bicyclic) bond motifs is 1. The van der Waals surface area contributed by atoms with E-state index < -0.39 is 0 Å². The number of amides is 1. The van der Waals surface area contributed by atoms with Crippen LogP contribution in [0.5, 0.6) is 0 Å². The van der Waals surface area contributed by atoms with Gasteiger partial charge in [-0.3, -0.25) is 4.79 Å². The second kappa shape index (κ2) is 5.20. The maximum absolute atomic E-state index is 12.8. The summed E-state index contributed by atoms with van der Waals surface area (Å²) in [6.45, 7) is 1.70. The average molecular weight is 250 g/mol. The molecule has 2 aliphatic carbocycles. The van der Waals surface area contributed by atoms with E-state index in [1.807, 2.05) is 0 Å². The van der Waals surface area contributed by atoms with Crippen molar-refractivity contribution >= 4 is 5.91 Å². The van der Waals surface area contributed by atoms with Crippen LogP contribution in [0.1, 0.15) is 51.4 Å². The molecule has 3 rings (SSSR count).